The van der Waals surface area contributed by atoms with Crippen LogP contribution >= 0.6 is 0 Å². The molecular formula is C13H20N4O2. The van der Waals surface area contributed by atoms with Crippen molar-refractivity contribution in [3.8, 4) is 0 Å². The maximum Gasteiger partial charge on any atom is 0.315 e. The third kappa shape index (κ3) is 4.10. The monoisotopic (exact) mass is 264 g/mol. The molecule has 0 aliphatic heterocycles. The summed E-state index contributed by atoms with van der Waals surface area (Å²) in [5.41, 5.74) is 1.10. The first-order chi connectivity index (χ1) is 9.17. The van der Waals surface area contributed by atoms with Gasteiger partial charge in [0.25, 0.3) is 0 Å². The molecule has 1 aromatic heterocycles. The molecule has 2 atom stereocenters. The van der Waals surface area contributed by atoms with E-state index in [0.29, 0.717) is 6.54 Å². The van der Waals surface area contributed by atoms with E-state index in [-0.39, 0.29) is 24.6 Å². The SMILES string of the molecule is Cn1cc(CCNC(=O)N[C@@H]2C=C[C@H](CO)C2)cn1. The van der Waals surface area contributed by atoms with Crippen LogP contribution in [-0.4, -0.2) is 40.1 Å². The lowest BCUT2D eigenvalue weighted by Crippen LogP contribution is -2.41. The maximum atomic E-state index is 11.6. The molecule has 1 aliphatic rings. The first-order valence-corrected chi connectivity index (χ1v) is 6.48. The van der Waals surface area contributed by atoms with Gasteiger partial charge in [0.15, 0.2) is 0 Å². The number of amides is 2. The Hall–Kier alpha value is -1.82. The molecule has 0 radical (unpaired) electrons. The Morgan fingerprint density at radius 1 is 1.58 bits per heavy atom. The summed E-state index contributed by atoms with van der Waals surface area (Å²) in [7, 11) is 1.87. The smallest absolute Gasteiger partial charge is 0.315 e. The molecule has 104 valence electrons. The predicted molar refractivity (Wildman–Crippen MR) is 71.6 cm³/mol. The van der Waals surface area contributed by atoms with Gasteiger partial charge in [0.1, 0.15) is 0 Å². The van der Waals surface area contributed by atoms with Gasteiger partial charge >= 0.3 is 6.03 Å². The first kappa shape index (κ1) is 13.6. The van der Waals surface area contributed by atoms with Crippen molar-refractivity contribution in [1.82, 2.24) is 20.4 Å². The van der Waals surface area contributed by atoms with E-state index in [2.05, 4.69) is 15.7 Å². The largest absolute Gasteiger partial charge is 0.396 e. The third-order valence-corrected chi connectivity index (χ3v) is 3.18. The number of hydrogen-bond acceptors (Lipinski definition) is 3. The van der Waals surface area contributed by atoms with E-state index in [1.165, 1.54) is 0 Å². The van der Waals surface area contributed by atoms with Gasteiger partial charge in [-0.3, -0.25) is 4.68 Å². The van der Waals surface area contributed by atoms with Crippen LogP contribution in [0, 0.1) is 5.92 Å². The van der Waals surface area contributed by atoms with Crippen LogP contribution in [0.2, 0.25) is 0 Å². The minimum absolute atomic E-state index is 0.0236. The fourth-order valence-corrected chi connectivity index (χ4v) is 2.16. The van der Waals surface area contributed by atoms with Crippen LogP contribution in [0.15, 0.2) is 24.5 Å². The number of aromatic nitrogens is 2. The summed E-state index contributed by atoms with van der Waals surface area (Å²) in [6.07, 6.45) is 9.14. The number of carbonyl (C=O) groups excluding carboxylic acids is 1. The second-order valence-electron chi connectivity index (χ2n) is 4.84. The molecule has 0 aromatic carbocycles. The Balaban J connectivity index is 1.64. The second-order valence-corrected chi connectivity index (χ2v) is 4.84. The van der Waals surface area contributed by atoms with Crippen molar-refractivity contribution in [2.45, 2.75) is 18.9 Å². The molecule has 0 saturated heterocycles. The van der Waals surface area contributed by atoms with E-state index in [0.717, 1.165) is 18.4 Å². The summed E-state index contributed by atoms with van der Waals surface area (Å²) in [4.78, 5) is 11.6. The highest BCUT2D eigenvalue weighted by Gasteiger charge is 2.19. The number of rotatable bonds is 5. The lowest BCUT2D eigenvalue weighted by Gasteiger charge is -2.13. The second kappa shape index (κ2) is 6.38. The topological polar surface area (TPSA) is 79.2 Å². The Morgan fingerprint density at radius 2 is 2.42 bits per heavy atom. The van der Waals surface area contributed by atoms with Gasteiger partial charge in [0, 0.05) is 38.4 Å². The van der Waals surface area contributed by atoms with Crippen molar-refractivity contribution in [3.63, 3.8) is 0 Å². The predicted octanol–water partition coefficient (Wildman–Crippen LogP) is 0.199. The zero-order valence-electron chi connectivity index (χ0n) is 11.0. The van der Waals surface area contributed by atoms with Crippen molar-refractivity contribution in [3.05, 3.63) is 30.1 Å². The number of hydrogen-bond donors (Lipinski definition) is 3. The molecule has 3 N–H and O–H groups in total. The Bertz CT molecular complexity index is 455. The van der Waals surface area contributed by atoms with E-state index in [1.807, 2.05) is 25.4 Å². The molecule has 0 saturated carbocycles. The van der Waals surface area contributed by atoms with E-state index < -0.39 is 0 Å². The molecule has 1 aromatic rings. The van der Waals surface area contributed by atoms with Crippen molar-refractivity contribution in [2.24, 2.45) is 13.0 Å². The third-order valence-electron chi connectivity index (χ3n) is 3.18. The molecule has 1 aliphatic carbocycles. The van der Waals surface area contributed by atoms with Crippen molar-refractivity contribution < 1.29 is 9.90 Å². The molecule has 6 nitrogen and oxygen atoms in total. The minimum atomic E-state index is -0.169. The fourth-order valence-electron chi connectivity index (χ4n) is 2.16. The summed E-state index contributed by atoms with van der Waals surface area (Å²) in [6, 6.07) is -0.146. The lowest BCUT2D eigenvalue weighted by atomic mass is 10.1. The van der Waals surface area contributed by atoms with Crippen molar-refractivity contribution >= 4 is 6.03 Å². The van der Waals surface area contributed by atoms with Gasteiger partial charge in [-0.1, -0.05) is 12.2 Å². The molecule has 0 bridgehead atoms. The molecule has 19 heavy (non-hydrogen) atoms. The zero-order chi connectivity index (χ0) is 13.7. The van der Waals surface area contributed by atoms with E-state index in [1.54, 1.807) is 10.9 Å². The van der Waals surface area contributed by atoms with Crippen LogP contribution < -0.4 is 10.6 Å². The molecule has 2 amide bonds. The lowest BCUT2D eigenvalue weighted by molar-refractivity contribution is 0.231. The number of urea groups is 1. The number of aliphatic hydroxyl groups is 1. The van der Waals surface area contributed by atoms with Gasteiger partial charge in [-0.15, -0.1) is 0 Å². The molecule has 0 spiro atoms. The molecular weight excluding hydrogens is 244 g/mol. The first-order valence-electron chi connectivity index (χ1n) is 6.48. The van der Waals surface area contributed by atoms with Crippen molar-refractivity contribution in [2.75, 3.05) is 13.2 Å². The molecule has 1 heterocycles. The number of aryl methyl sites for hydroxylation is 1. The van der Waals surface area contributed by atoms with E-state index >= 15 is 0 Å². The summed E-state index contributed by atoms with van der Waals surface area (Å²) in [6.45, 7) is 0.717. The minimum Gasteiger partial charge on any atom is -0.396 e. The van der Waals surface area contributed by atoms with Gasteiger partial charge in [-0.05, 0) is 18.4 Å². The van der Waals surface area contributed by atoms with Gasteiger partial charge in [-0.2, -0.15) is 5.10 Å². The van der Waals surface area contributed by atoms with Gasteiger partial charge in [-0.25, -0.2) is 4.79 Å². The van der Waals surface area contributed by atoms with Crippen LogP contribution in [0.3, 0.4) is 0 Å². The Kier molecular flexibility index (Phi) is 4.57. The fraction of sp³-hybridized carbons (Fsp3) is 0.538. The Morgan fingerprint density at radius 3 is 3.05 bits per heavy atom. The summed E-state index contributed by atoms with van der Waals surface area (Å²) in [5.74, 6) is 0.167. The maximum absolute atomic E-state index is 11.6. The van der Waals surface area contributed by atoms with Gasteiger partial charge in [0.2, 0.25) is 0 Å². The average Bonchev–Trinajstić information content (AvgIpc) is 2.98. The highest BCUT2D eigenvalue weighted by atomic mass is 16.3. The number of nitrogens with zero attached hydrogens (tertiary/aromatic N) is 2. The average molecular weight is 264 g/mol. The highest BCUT2D eigenvalue weighted by Crippen LogP contribution is 2.16. The molecule has 2 rings (SSSR count). The number of aliphatic hydroxyl groups excluding tert-OH is 1. The highest BCUT2D eigenvalue weighted by molar-refractivity contribution is 5.74. The van der Waals surface area contributed by atoms with Crippen LogP contribution in [0.25, 0.3) is 0 Å². The Labute approximate surface area is 112 Å². The summed E-state index contributed by atoms with van der Waals surface area (Å²) in [5, 5.41) is 18.8. The standard InChI is InChI=1S/C13H20N4O2/c1-17-8-11(7-15-17)4-5-14-13(19)16-12-3-2-10(6-12)9-18/h2-3,7-8,10,12,18H,4-6,9H2,1H3,(H2,14,16,19)/t10-,12+/m0/s1. The van der Waals surface area contributed by atoms with E-state index in [9.17, 15) is 4.79 Å². The summed E-state index contributed by atoms with van der Waals surface area (Å²) >= 11 is 0. The zero-order valence-corrected chi connectivity index (χ0v) is 11.0. The normalized spacial score (nSPS) is 21.6. The summed E-state index contributed by atoms with van der Waals surface area (Å²) < 4.78 is 1.74. The van der Waals surface area contributed by atoms with E-state index in [4.69, 9.17) is 5.11 Å². The molecule has 0 unspecified atom stereocenters. The van der Waals surface area contributed by atoms with Gasteiger partial charge < -0.3 is 15.7 Å². The molecule has 6 heteroatoms. The quantitative estimate of drug-likeness (QED) is 0.665. The van der Waals surface area contributed by atoms with Gasteiger partial charge in [0.05, 0.1) is 6.20 Å². The number of carbonyl (C=O) groups is 1. The van der Waals surface area contributed by atoms with Crippen LogP contribution in [0.1, 0.15) is 12.0 Å². The van der Waals surface area contributed by atoms with Crippen LogP contribution in [0.5, 0.6) is 0 Å². The molecule has 0 fully saturated rings. The number of nitrogens with one attached hydrogen (secondary N) is 2. The van der Waals surface area contributed by atoms with Crippen LogP contribution in [-0.2, 0) is 13.5 Å². The van der Waals surface area contributed by atoms with Crippen LogP contribution in [0.4, 0.5) is 4.79 Å². The van der Waals surface area contributed by atoms with Crippen molar-refractivity contribution in [1.29, 1.82) is 0 Å².